The molecule has 0 aliphatic rings. The van der Waals surface area contributed by atoms with Gasteiger partial charge in [0.2, 0.25) is 0 Å². The van der Waals surface area contributed by atoms with E-state index in [4.69, 9.17) is 9.72 Å². The van der Waals surface area contributed by atoms with Gasteiger partial charge in [0.1, 0.15) is 11.4 Å². The van der Waals surface area contributed by atoms with Crippen molar-refractivity contribution in [1.29, 1.82) is 0 Å². The molecule has 0 N–H and O–H groups in total. The largest absolute Gasteiger partial charge is 0.494 e. The Morgan fingerprint density at radius 3 is 2.74 bits per heavy atom. The lowest BCUT2D eigenvalue weighted by molar-refractivity contribution is 0.0975. The van der Waals surface area contributed by atoms with Gasteiger partial charge in [-0.15, -0.1) is 0 Å². The Labute approximate surface area is 163 Å². The molecule has 1 aromatic carbocycles. The molecular weight excluding hydrogens is 362 g/mol. The molecule has 3 rings (SSSR count). The second kappa shape index (κ2) is 8.49. The van der Waals surface area contributed by atoms with Crippen molar-refractivity contribution in [3.8, 4) is 5.75 Å². The van der Waals surface area contributed by atoms with Crippen LogP contribution in [0.25, 0.3) is 10.2 Å². The van der Waals surface area contributed by atoms with Gasteiger partial charge in [0.25, 0.3) is 5.91 Å². The number of fused-ring (bicyclic) bond motifs is 1. The molecule has 0 saturated carbocycles. The molecule has 0 spiro atoms. The van der Waals surface area contributed by atoms with Gasteiger partial charge in [0, 0.05) is 25.8 Å². The first-order valence-corrected chi connectivity index (χ1v) is 9.87. The Bertz CT molecular complexity index is 918. The van der Waals surface area contributed by atoms with Crippen LogP contribution in [0.5, 0.6) is 5.75 Å². The monoisotopic (exact) mass is 387 g/mol. The average Bonchev–Trinajstić information content (AvgIpc) is 3.27. The van der Waals surface area contributed by atoms with Crippen molar-refractivity contribution < 1.29 is 9.53 Å². The molecule has 7 nitrogen and oxygen atoms in total. The van der Waals surface area contributed by atoms with Crippen molar-refractivity contribution >= 4 is 32.6 Å². The fraction of sp³-hybridized carbons (Fsp3) is 0.421. The Kier molecular flexibility index (Phi) is 6.08. The number of anilines is 1. The summed E-state index contributed by atoms with van der Waals surface area (Å²) in [4.78, 5) is 21.7. The molecule has 27 heavy (non-hydrogen) atoms. The van der Waals surface area contributed by atoms with E-state index in [0.717, 1.165) is 22.5 Å². The maximum absolute atomic E-state index is 13.2. The first-order valence-electron chi connectivity index (χ1n) is 9.05. The molecule has 0 unspecified atom stereocenters. The third-order valence-electron chi connectivity index (χ3n) is 4.14. The van der Waals surface area contributed by atoms with E-state index in [9.17, 15) is 4.79 Å². The second-order valence-corrected chi connectivity index (χ2v) is 7.36. The summed E-state index contributed by atoms with van der Waals surface area (Å²) in [7, 11) is 3.98. The molecule has 2 aromatic heterocycles. The van der Waals surface area contributed by atoms with E-state index >= 15 is 0 Å². The standard InChI is InChI=1S/C19H25N5O2S/c1-5-24-16(9-10-20-24)18(25)23(12-11-22(3)4)19-21-15-8-7-14(26-6-2)13-17(15)27-19/h7-10,13H,5-6,11-12H2,1-4H3. The van der Waals surface area contributed by atoms with Gasteiger partial charge in [-0.1, -0.05) is 11.3 Å². The SMILES string of the molecule is CCOc1ccc2nc(N(CCN(C)C)C(=O)c3ccnn3CC)sc2c1. The molecule has 0 saturated heterocycles. The van der Waals surface area contributed by atoms with Crippen LogP contribution < -0.4 is 9.64 Å². The van der Waals surface area contributed by atoms with Crippen LogP contribution in [-0.4, -0.2) is 59.4 Å². The van der Waals surface area contributed by atoms with E-state index in [-0.39, 0.29) is 5.91 Å². The maximum Gasteiger partial charge on any atom is 0.278 e. The number of thiazole rings is 1. The topological polar surface area (TPSA) is 63.5 Å². The summed E-state index contributed by atoms with van der Waals surface area (Å²) in [5.41, 5.74) is 1.44. The van der Waals surface area contributed by atoms with Crippen molar-refractivity contribution in [2.45, 2.75) is 20.4 Å². The number of ether oxygens (including phenoxy) is 1. The van der Waals surface area contributed by atoms with Crippen LogP contribution in [0.3, 0.4) is 0 Å². The van der Waals surface area contributed by atoms with E-state index < -0.39 is 0 Å². The molecule has 0 bridgehead atoms. The van der Waals surface area contributed by atoms with Gasteiger partial charge in [-0.3, -0.25) is 14.4 Å². The second-order valence-electron chi connectivity index (χ2n) is 6.35. The summed E-state index contributed by atoms with van der Waals surface area (Å²) >= 11 is 1.50. The highest BCUT2D eigenvalue weighted by Crippen LogP contribution is 2.32. The summed E-state index contributed by atoms with van der Waals surface area (Å²) in [6.45, 7) is 6.49. The molecule has 0 aliphatic heterocycles. The normalized spacial score (nSPS) is 11.3. The highest BCUT2D eigenvalue weighted by molar-refractivity contribution is 7.22. The Morgan fingerprint density at radius 2 is 2.04 bits per heavy atom. The number of hydrogen-bond donors (Lipinski definition) is 0. The minimum Gasteiger partial charge on any atom is -0.494 e. The fourth-order valence-corrected chi connectivity index (χ4v) is 3.77. The average molecular weight is 388 g/mol. The Balaban J connectivity index is 1.97. The lowest BCUT2D eigenvalue weighted by Crippen LogP contribution is -2.37. The van der Waals surface area contributed by atoms with Gasteiger partial charge < -0.3 is 9.64 Å². The van der Waals surface area contributed by atoms with Crippen molar-refractivity contribution in [2.24, 2.45) is 0 Å². The maximum atomic E-state index is 13.2. The lowest BCUT2D eigenvalue weighted by atomic mass is 10.3. The third kappa shape index (κ3) is 4.28. The van der Waals surface area contributed by atoms with Crippen LogP contribution in [0.15, 0.2) is 30.5 Å². The summed E-state index contributed by atoms with van der Waals surface area (Å²) < 4.78 is 8.30. The highest BCUT2D eigenvalue weighted by atomic mass is 32.1. The molecule has 2 heterocycles. The molecule has 144 valence electrons. The predicted molar refractivity (Wildman–Crippen MR) is 109 cm³/mol. The van der Waals surface area contributed by atoms with Crippen molar-refractivity contribution in [2.75, 3.05) is 38.7 Å². The van der Waals surface area contributed by atoms with Gasteiger partial charge in [0.15, 0.2) is 5.13 Å². The van der Waals surface area contributed by atoms with Gasteiger partial charge in [-0.05, 0) is 52.2 Å². The molecule has 0 fully saturated rings. The Morgan fingerprint density at radius 1 is 1.22 bits per heavy atom. The first-order chi connectivity index (χ1) is 13.0. The number of carbonyl (C=O) groups is 1. The third-order valence-corrected chi connectivity index (χ3v) is 5.18. The summed E-state index contributed by atoms with van der Waals surface area (Å²) in [6.07, 6.45) is 1.66. The summed E-state index contributed by atoms with van der Waals surface area (Å²) in [5, 5.41) is 4.92. The minimum absolute atomic E-state index is 0.0831. The van der Waals surface area contributed by atoms with Crippen molar-refractivity contribution in [3.05, 3.63) is 36.2 Å². The number of aryl methyl sites for hydroxylation is 1. The van der Waals surface area contributed by atoms with E-state index in [0.29, 0.717) is 30.5 Å². The molecular formula is C19H25N5O2S. The molecule has 0 radical (unpaired) electrons. The number of hydrogen-bond acceptors (Lipinski definition) is 6. The van der Waals surface area contributed by atoms with Gasteiger partial charge >= 0.3 is 0 Å². The number of likely N-dealkylation sites (N-methyl/N-ethyl adjacent to an activating group) is 1. The summed E-state index contributed by atoms with van der Waals surface area (Å²) in [5.74, 6) is 0.732. The number of benzene rings is 1. The zero-order chi connectivity index (χ0) is 19.4. The number of aromatic nitrogens is 3. The van der Waals surface area contributed by atoms with Gasteiger partial charge in [0.05, 0.1) is 16.8 Å². The number of rotatable bonds is 8. The van der Waals surface area contributed by atoms with E-state index in [1.807, 2.05) is 46.1 Å². The van der Waals surface area contributed by atoms with Crippen LogP contribution in [0.2, 0.25) is 0 Å². The van der Waals surface area contributed by atoms with Crippen LogP contribution in [0.1, 0.15) is 24.3 Å². The first kappa shape index (κ1) is 19.3. The quantitative estimate of drug-likeness (QED) is 0.594. The number of nitrogens with zero attached hydrogens (tertiary/aromatic N) is 5. The van der Waals surface area contributed by atoms with Crippen LogP contribution in [0.4, 0.5) is 5.13 Å². The van der Waals surface area contributed by atoms with Gasteiger partial charge in [-0.25, -0.2) is 4.98 Å². The fourth-order valence-electron chi connectivity index (χ4n) is 2.75. The lowest BCUT2D eigenvalue weighted by Gasteiger charge is -2.22. The predicted octanol–water partition coefficient (Wildman–Crippen LogP) is 3.12. The van der Waals surface area contributed by atoms with Crippen LogP contribution >= 0.6 is 11.3 Å². The minimum atomic E-state index is -0.0831. The molecule has 8 heteroatoms. The molecule has 0 aliphatic carbocycles. The summed E-state index contributed by atoms with van der Waals surface area (Å²) in [6, 6.07) is 7.58. The van der Waals surface area contributed by atoms with E-state index in [1.54, 1.807) is 21.8 Å². The Hall–Kier alpha value is -2.45. The smallest absolute Gasteiger partial charge is 0.278 e. The highest BCUT2D eigenvalue weighted by Gasteiger charge is 2.24. The van der Waals surface area contributed by atoms with Crippen LogP contribution in [0, 0.1) is 0 Å². The zero-order valence-electron chi connectivity index (χ0n) is 16.2. The van der Waals surface area contributed by atoms with E-state index in [2.05, 4.69) is 10.00 Å². The van der Waals surface area contributed by atoms with E-state index in [1.165, 1.54) is 11.3 Å². The number of carbonyl (C=O) groups excluding carboxylic acids is 1. The molecule has 1 amide bonds. The number of amides is 1. The van der Waals surface area contributed by atoms with Crippen molar-refractivity contribution in [1.82, 2.24) is 19.7 Å². The zero-order valence-corrected chi connectivity index (χ0v) is 17.0. The van der Waals surface area contributed by atoms with Crippen LogP contribution in [-0.2, 0) is 6.54 Å². The molecule has 0 atom stereocenters. The van der Waals surface area contributed by atoms with Crippen molar-refractivity contribution in [3.63, 3.8) is 0 Å². The molecule has 3 aromatic rings. The van der Waals surface area contributed by atoms with Gasteiger partial charge in [-0.2, -0.15) is 5.10 Å².